The number of aromatic nitrogens is 1. The molecule has 0 amide bonds. The topological polar surface area (TPSA) is 42.2 Å². The predicted molar refractivity (Wildman–Crippen MR) is 102 cm³/mol. The highest BCUT2D eigenvalue weighted by atomic mass is 19.4. The molecule has 0 spiro atoms. The lowest BCUT2D eigenvalue weighted by Gasteiger charge is -2.24. The van der Waals surface area contributed by atoms with Crippen molar-refractivity contribution in [1.29, 1.82) is 0 Å². The predicted octanol–water partition coefficient (Wildman–Crippen LogP) is 6.70. The summed E-state index contributed by atoms with van der Waals surface area (Å²) in [6.45, 7) is 2.11. The summed E-state index contributed by atoms with van der Waals surface area (Å²) in [5.74, 6) is -0.881. The van der Waals surface area contributed by atoms with Crippen LogP contribution in [0.2, 0.25) is 0 Å². The first-order chi connectivity index (χ1) is 14.4. The number of rotatable bonds is 5. The van der Waals surface area contributed by atoms with Gasteiger partial charge in [-0.1, -0.05) is 19.3 Å². The van der Waals surface area contributed by atoms with Crippen LogP contribution < -0.4 is 0 Å². The van der Waals surface area contributed by atoms with E-state index < -0.39 is 29.4 Å². The number of nitrogens with zero attached hydrogens (tertiary/aromatic N) is 1. The first-order valence-corrected chi connectivity index (χ1v) is 10.1. The number of carboxylic acid groups (broad SMARTS) is 1. The monoisotopic (exact) mass is 447 g/mol. The Morgan fingerprint density at radius 2 is 1.52 bits per heavy atom. The highest BCUT2D eigenvalue weighted by Crippen LogP contribution is 2.37. The van der Waals surface area contributed by atoms with Gasteiger partial charge in [0.1, 0.15) is 0 Å². The SMILES string of the molecule is Cc1c(C(=O)O)cc(Cc2cc(C(F)(F)F)cc(C(F)(F)F)c2)n1CC1CCCCC1. The van der Waals surface area contributed by atoms with E-state index in [9.17, 15) is 36.2 Å². The second-order valence-electron chi connectivity index (χ2n) is 8.15. The Labute approximate surface area is 175 Å². The summed E-state index contributed by atoms with van der Waals surface area (Å²) in [6.07, 6.45) is -4.94. The van der Waals surface area contributed by atoms with Crippen LogP contribution in [0.15, 0.2) is 24.3 Å². The summed E-state index contributed by atoms with van der Waals surface area (Å²) in [7, 11) is 0. The molecule has 0 bridgehead atoms. The Bertz CT molecular complexity index is 920. The molecule has 1 aromatic heterocycles. The van der Waals surface area contributed by atoms with Crippen molar-refractivity contribution in [2.75, 3.05) is 0 Å². The average molecular weight is 447 g/mol. The van der Waals surface area contributed by atoms with Crippen molar-refractivity contribution in [2.45, 2.75) is 64.3 Å². The summed E-state index contributed by atoms with van der Waals surface area (Å²) < 4.78 is 80.9. The first-order valence-electron chi connectivity index (χ1n) is 10.1. The van der Waals surface area contributed by atoms with Crippen molar-refractivity contribution in [3.05, 3.63) is 57.9 Å². The van der Waals surface area contributed by atoms with Gasteiger partial charge in [0.15, 0.2) is 0 Å². The molecule has 2 aromatic rings. The van der Waals surface area contributed by atoms with Crippen molar-refractivity contribution in [3.8, 4) is 0 Å². The smallest absolute Gasteiger partial charge is 0.416 e. The van der Waals surface area contributed by atoms with Gasteiger partial charge in [-0.05, 0) is 55.5 Å². The highest BCUT2D eigenvalue weighted by Gasteiger charge is 2.37. The second-order valence-corrected chi connectivity index (χ2v) is 8.15. The number of alkyl halides is 6. The van der Waals surface area contributed by atoms with E-state index in [1.54, 1.807) is 11.5 Å². The maximum Gasteiger partial charge on any atom is 0.416 e. The average Bonchev–Trinajstić information content (AvgIpc) is 2.97. The molecule has 1 aromatic carbocycles. The van der Waals surface area contributed by atoms with Crippen molar-refractivity contribution in [1.82, 2.24) is 4.57 Å². The molecule has 0 radical (unpaired) electrons. The molecule has 1 fully saturated rings. The molecule has 0 atom stereocenters. The Hall–Kier alpha value is -2.45. The van der Waals surface area contributed by atoms with E-state index in [4.69, 9.17) is 0 Å². The molecule has 170 valence electrons. The van der Waals surface area contributed by atoms with Crippen molar-refractivity contribution in [3.63, 3.8) is 0 Å². The third kappa shape index (κ3) is 5.43. The van der Waals surface area contributed by atoms with E-state index in [0.717, 1.165) is 32.1 Å². The largest absolute Gasteiger partial charge is 0.478 e. The van der Waals surface area contributed by atoms with Crippen LogP contribution in [0, 0.1) is 12.8 Å². The Balaban J connectivity index is 2.03. The van der Waals surface area contributed by atoms with Crippen molar-refractivity contribution >= 4 is 5.97 Å². The van der Waals surface area contributed by atoms with Gasteiger partial charge in [-0.3, -0.25) is 0 Å². The highest BCUT2D eigenvalue weighted by molar-refractivity contribution is 5.89. The van der Waals surface area contributed by atoms with Gasteiger partial charge in [0.05, 0.1) is 16.7 Å². The molecule has 1 aliphatic carbocycles. The van der Waals surface area contributed by atoms with Gasteiger partial charge in [0, 0.05) is 24.4 Å². The van der Waals surface area contributed by atoms with Crippen LogP contribution in [0.5, 0.6) is 0 Å². The molecular formula is C22H23F6NO2. The van der Waals surface area contributed by atoms with Crippen LogP contribution >= 0.6 is 0 Å². The van der Waals surface area contributed by atoms with Gasteiger partial charge in [-0.2, -0.15) is 26.3 Å². The third-order valence-corrected chi connectivity index (χ3v) is 5.88. The number of halogens is 6. The Morgan fingerprint density at radius 1 is 0.968 bits per heavy atom. The standard InChI is InChI=1S/C22H23F6NO2/c1-13-19(20(30)31)11-18(29(13)12-14-5-3-2-4-6-14)9-15-7-16(21(23,24)25)10-17(8-15)22(26,27)28/h7-8,10-11,14H,2-6,9,12H2,1H3,(H,30,31). The van der Waals surface area contributed by atoms with Gasteiger partial charge < -0.3 is 9.67 Å². The molecule has 0 unspecified atom stereocenters. The van der Waals surface area contributed by atoms with Crippen LogP contribution in [0.3, 0.4) is 0 Å². The van der Waals surface area contributed by atoms with Gasteiger partial charge in [0.25, 0.3) is 0 Å². The van der Waals surface area contributed by atoms with E-state index in [2.05, 4.69) is 0 Å². The summed E-state index contributed by atoms with van der Waals surface area (Å²) in [5.41, 5.74) is -2.06. The van der Waals surface area contributed by atoms with Crippen molar-refractivity contribution < 1.29 is 36.2 Å². The number of hydrogen-bond donors (Lipinski definition) is 1. The van der Waals surface area contributed by atoms with Crippen LogP contribution in [0.1, 0.15) is 70.5 Å². The van der Waals surface area contributed by atoms with Gasteiger partial charge in [-0.25, -0.2) is 4.79 Å². The molecule has 1 aliphatic rings. The maximum atomic E-state index is 13.2. The molecule has 1 heterocycles. The lowest BCUT2D eigenvalue weighted by atomic mass is 9.89. The quantitative estimate of drug-likeness (QED) is 0.518. The first kappa shape index (κ1) is 23.2. The van der Waals surface area contributed by atoms with Crippen molar-refractivity contribution in [2.24, 2.45) is 5.92 Å². The molecule has 3 nitrogen and oxygen atoms in total. The van der Waals surface area contributed by atoms with Crippen LogP contribution in [0.25, 0.3) is 0 Å². The fraction of sp³-hybridized carbons (Fsp3) is 0.500. The fourth-order valence-electron chi connectivity index (χ4n) is 4.29. The summed E-state index contributed by atoms with van der Waals surface area (Å²) in [5, 5.41) is 9.47. The molecule has 9 heteroatoms. The number of carbonyl (C=O) groups is 1. The number of carboxylic acids is 1. The minimum atomic E-state index is -4.93. The molecular weight excluding hydrogens is 424 g/mol. The van der Waals surface area contributed by atoms with Crippen LogP contribution in [-0.2, 0) is 25.3 Å². The minimum Gasteiger partial charge on any atom is -0.478 e. The van der Waals surface area contributed by atoms with E-state index in [1.807, 2.05) is 0 Å². The number of benzene rings is 1. The molecule has 3 rings (SSSR count). The lowest BCUT2D eigenvalue weighted by Crippen LogP contribution is -2.17. The molecule has 0 saturated heterocycles. The van der Waals surface area contributed by atoms with E-state index in [1.165, 1.54) is 6.07 Å². The second kappa shape index (κ2) is 8.59. The zero-order valence-corrected chi connectivity index (χ0v) is 16.9. The zero-order valence-electron chi connectivity index (χ0n) is 16.9. The van der Waals surface area contributed by atoms with E-state index in [0.29, 0.717) is 36.0 Å². The molecule has 1 saturated carbocycles. The summed E-state index contributed by atoms with van der Waals surface area (Å²) >= 11 is 0. The lowest BCUT2D eigenvalue weighted by molar-refractivity contribution is -0.143. The zero-order chi connectivity index (χ0) is 23.0. The Kier molecular flexibility index (Phi) is 6.43. The Morgan fingerprint density at radius 3 is 2.00 bits per heavy atom. The fourth-order valence-corrected chi connectivity index (χ4v) is 4.29. The third-order valence-electron chi connectivity index (χ3n) is 5.88. The van der Waals surface area contributed by atoms with Gasteiger partial charge in [0.2, 0.25) is 0 Å². The minimum absolute atomic E-state index is 0.00818. The number of hydrogen-bond acceptors (Lipinski definition) is 1. The normalized spacial score (nSPS) is 16.0. The maximum absolute atomic E-state index is 13.2. The van der Waals surface area contributed by atoms with E-state index >= 15 is 0 Å². The summed E-state index contributed by atoms with van der Waals surface area (Å²) in [4.78, 5) is 11.6. The van der Waals surface area contributed by atoms with Crippen LogP contribution in [0.4, 0.5) is 26.3 Å². The molecule has 31 heavy (non-hydrogen) atoms. The molecule has 0 aliphatic heterocycles. The van der Waals surface area contributed by atoms with Gasteiger partial charge >= 0.3 is 18.3 Å². The van der Waals surface area contributed by atoms with Crippen LogP contribution in [-0.4, -0.2) is 15.6 Å². The van der Waals surface area contributed by atoms with Gasteiger partial charge in [-0.15, -0.1) is 0 Å². The number of aromatic carboxylic acids is 1. The molecule has 1 N–H and O–H groups in total. The van der Waals surface area contributed by atoms with E-state index in [-0.39, 0.29) is 23.6 Å². The summed E-state index contributed by atoms with van der Waals surface area (Å²) in [6, 6.07) is 2.85.